The first-order chi connectivity index (χ1) is 15.6. The summed E-state index contributed by atoms with van der Waals surface area (Å²) >= 11 is 6.56. The van der Waals surface area contributed by atoms with Gasteiger partial charge in [-0.05, 0) is 86.0 Å². The maximum Gasteiger partial charge on any atom is 0.224 e. The third-order valence-electron chi connectivity index (χ3n) is 8.44. The first-order valence-electron chi connectivity index (χ1n) is 12.4. The zero-order valence-electron chi connectivity index (χ0n) is 18.7. The number of carbonyl (C=O) groups excluding carboxylic acids is 1. The van der Waals surface area contributed by atoms with Crippen LogP contribution in [-0.4, -0.2) is 42.0 Å². The molecule has 0 atom stereocenters. The van der Waals surface area contributed by atoms with E-state index in [0.717, 1.165) is 72.8 Å². The fourth-order valence-corrected chi connectivity index (χ4v) is 7.78. The molecule has 5 aliphatic rings. The maximum atomic E-state index is 13.2. The molecule has 1 amide bonds. The van der Waals surface area contributed by atoms with Crippen LogP contribution in [0.3, 0.4) is 0 Å². The van der Waals surface area contributed by atoms with Gasteiger partial charge in [0.1, 0.15) is 0 Å². The Morgan fingerprint density at radius 2 is 1.75 bits per heavy atom. The summed E-state index contributed by atoms with van der Waals surface area (Å²) in [5.41, 5.74) is 2.91. The van der Waals surface area contributed by atoms with Crippen molar-refractivity contribution in [1.82, 2.24) is 15.2 Å². The molecule has 32 heavy (non-hydrogen) atoms. The van der Waals surface area contributed by atoms with Gasteiger partial charge in [-0.15, -0.1) is 0 Å². The summed E-state index contributed by atoms with van der Waals surface area (Å²) in [7, 11) is 0. The molecule has 0 unspecified atom stereocenters. The highest BCUT2D eigenvalue weighted by atomic mass is 35.5. The van der Waals surface area contributed by atoms with Gasteiger partial charge in [0.2, 0.25) is 5.91 Å². The van der Waals surface area contributed by atoms with Crippen LogP contribution < -0.4 is 10.6 Å². The molecular formula is C26H33ClN4O. The smallest absolute Gasteiger partial charge is 0.224 e. The molecule has 1 aliphatic heterocycles. The highest BCUT2D eigenvalue weighted by Gasteiger charge is 2.51. The van der Waals surface area contributed by atoms with Crippen molar-refractivity contribution in [3.8, 4) is 0 Å². The molecule has 7 rings (SSSR count). The summed E-state index contributed by atoms with van der Waals surface area (Å²) in [6.45, 7) is 5.01. The number of piperazine rings is 1. The minimum absolute atomic E-state index is 0.117. The van der Waals surface area contributed by atoms with Gasteiger partial charge in [-0.3, -0.25) is 14.7 Å². The van der Waals surface area contributed by atoms with E-state index in [1.807, 2.05) is 12.1 Å². The number of nitrogens with zero attached hydrogens (tertiary/aromatic N) is 2. The van der Waals surface area contributed by atoms with Gasteiger partial charge < -0.3 is 10.6 Å². The highest BCUT2D eigenvalue weighted by molar-refractivity contribution is 6.35. The molecule has 4 saturated carbocycles. The van der Waals surface area contributed by atoms with Crippen LogP contribution in [0, 0.1) is 23.2 Å². The van der Waals surface area contributed by atoms with Gasteiger partial charge in [0.05, 0.1) is 21.9 Å². The third-order valence-corrected chi connectivity index (χ3v) is 8.75. The van der Waals surface area contributed by atoms with E-state index >= 15 is 0 Å². The van der Waals surface area contributed by atoms with Crippen molar-refractivity contribution in [2.75, 3.05) is 31.5 Å². The average Bonchev–Trinajstić information content (AvgIpc) is 2.75. The molecule has 6 heteroatoms. The van der Waals surface area contributed by atoms with E-state index in [-0.39, 0.29) is 11.3 Å². The monoisotopic (exact) mass is 452 g/mol. The number of fused-ring (bicyclic) bond motifs is 1. The van der Waals surface area contributed by atoms with Crippen LogP contribution >= 0.6 is 11.6 Å². The van der Waals surface area contributed by atoms with Crippen LogP contribution in [-0.2, 0) is 11.3 Å². The summed E-state index contributed by atoms with van der Waals surface area (Å²) in [6.07, 6.45) is 8.57. The van der Waals surface area contributed by atoms with Crippen LogP contribution in [0.15, 0.2) is 24.3 Å². The summed E-state index contributed by atoms with van der Waals surface area (Å²) < 4.78 is 0. The number of anilines is 1. The number of hydrogen-bond donors (Lipinski definition) is 2. The molecule has 4 aliphatic carbocycles. The minimum atomic E-state index is 0.117. The molecule has 0 spiro atoms. The Hall–Kier alpha value is -1.69. The predicted molar refractivity (Wildman–Crippen MR) is 129 cm³/mol. The lowest BCUT2D eigenvalue weighted by atomic mass is 9.49. The van der Waals surface area contributed by atoms with E-state index in [2.05, 4.69) is 27.7 Å². The van der Waals surface area contributed by atoms with Crippen LogP contribution in [0.2, 0.25) is 5.02 Å². The van der Waals surface area contributed by atoms with Gasteiger partial charge in [-0.2, -0.15) is 0 Å². The largest absolute Gasteiger partial charge is 0.324 e. The quantitative estimate of drug-likeness (QED) is 0.681. The molecule has 5 nitrogen and oxygen atoms in total. The lowest BCUT2D eigenvalue weighted by Gasteiger charge is -2.56. The molecule has 1 saturated heterocycles. The fraction of sp³-hybridized carbons (Fsp3) is 0.615. The Balaban J connectivity index is 1.20. The van der Waals surface area contributed by atoms with E-state index in [1.165, 1.54) is 38.5 Å². The van der Waals surface area contributed by atoms with Gasteiger partial charge in [0.25, 0.3) is 0 Å². The van der Waals surface area contributed by atoms with Crippen molar-refractivity contribution in [2.24, 2.45) is 23.2 Å². The van der Waals surface area contributed by atoms with Crippen LogP contribution in [0.1, 0.15) is 50.6 Å². The summed E-state index contributed by atoms with van der Waals surface area (Å²) in [5.74, 6) is 2.68. The highest BCUT2D eigenvalue weighted by Crippen LogP contribution is 2.61. The second-order valence-electron chi connectivity index (χ2n) is 11.0. The SMILES string of the molecule is O=C(CC12CC3CC(CC(C3)C1)C2)Nc1c(Cl)ccc2nc(CN3CCNCC3)ccc12. The Bertz CT molecular complexity index is 997. The van der Waals surface area contributed by atoms with Crippen molar-refractivity contribution in [3.05, 3.63) is 35.0 Å². The normalized spacial score (nSPS) is 31.8. The number of halogens is 1. The standard InChI is InChI=1S/C26H33ClN4O/c27-22-3-4-23-21(2-1-20(29-23)16-31-7-5-28-6-8-31)25(22)30-24(32)15-26-12-17-9-18(13-26)11-19(10-17)14-26/h1-4,17-19,28H,5-16H2,(H,30,32). The number of hydrogen-bond acceptors (Lipinski definition) is 4. The van der Waals surface area contributed by atoms with E-state index in [4.69, 9.17) is 16.6 Å². The molecule has 4 bridgehead atoms. The predicted octanol–water partition coefficient (Wildman–Crippen LogP) is 4.84. The minimum Gasteiger partial charge on any atom is -0.324 e. The number of carbonyl (C=O) groups is 1. The van der Waals surface area contributed by atoms with Gasteiger partial charge in [0.15, 0.2) is 0 Å². The first-order valence-corrected chi connectivity index (χ1v) is 12.7. The van der Waals surface area contributed by atoms with Crippen molar-refractivity contribution in [3.63, 3.8) is 0 Å². The second-order valence-corrected chi connectivity index (χ2v) is 11.4. The van der Waals surface area contributed by atoms with Crippen molar-refractivity contribution < 1.29 is 4.79 Å². The van der Waals surface area contributed by atoms with E-state index in [0.29, 0.717) is 11.4 Å². The summed E-state index contributed by atoms with van der Waals surface area (Å²) in [4.78, 5) is 20.5. The van der Waals surface area contributed by atoms with E-state index in [9.17, 15) is 4.79 Å². The van der Waals surface area contributed by atoms with E-state index in [1.54, 1.807) is 0 Å². The van der Waals surface area contributed by atoms with Gasteiger partial charge >= 0.3 is 0 Å². The fourth-order valence-electron chi connectivity index (χ4n) is 7.56. The Labute approximate surface area is 195 Å². The van der Waals surface area contributed by atoms with Crippen molar-refractivity contribution in [1.29, 1.82) is 0 Å². The molecule has 5 fully saturated rings. The molecule has 170 valence electrons. The molecule has 2 heterocycles. The zero-order valence-corrected chi connectivity index (χ0v) is 19.5. The molecular weight excluding hydrogens is 420 g/mol. The summed E-state index contributed by atoms with van der Waals surface area (Å²) in [6, 6.07) is 7.99. The van der Waals surface area contributed by atoms with Gasteiger partial charge in [-0.25, -0.2) is 0 Å². The zero-order chi connectivity index (χ0) is 21.7. The first kappa shape index (κ1) is 20.9. The van der Waals surface area contributed by atoms with Crippen molar-refractivity contribution in [2.45, 2.75) is 51.5 Å². The lowest BCUT2D eigenvalue weighted by molar-refractivity contribution is -0.124. The topological polar surface area (TPSA) is 57.3 Å². The number of aromatic nitrogens is 1. The molecule has 1 aromatic heterocycles. The average molecular weight is 453 g/mol. The Morgan fingerprint density at radius 3 is 2.44 bits per heavy atom. The lowest BCUT2D eigenvalue weighted by Crippen LogP contribution is -2.47. The van der Waals surface area contributed by atoms with E-state index < -0.39 is 0 Å². The molecule has 0 radical (unpaired) electrons. The van der Waals surface area contributed by atoms with Crippen LogP contribution in [0.5, 0.6) is 0 Å². The third kappa shape index (κ3) is 4.04. The number of pyridine rings is 1. The Morgan fingerprint density at radius 1 is 1.06 bits per heavy atom. The van der Waals surface area contributed by atoms with Crippen LogP contribution in [0.4, 0.5) is 5.69 Å². The molecule has 2 aromatic rings. The number of amides is 1. The second kappa shape index (κ2) is 8.27. The van der Waals surface area contributed by atoms with Gasteiger partial charge in [-0.1, -0.05) is 11.6 Å². The Kier molecular flexibility index (Phi) is 5.39. The number of nitrogens with one attached hydrogen (secondary N) is 2. The molecule has 1 aromatic carbocycles. The van der Waals surface area contributed by atoms with Crippen molar-refractivity contribution >= 4 is 34.1 Å². The maximum absolute atomic E-state index is 13.2. The summed E-state index contributed by atoms with van der Waals surface area (Å²) in [5, 5.41) is 8.11. The molecule has 2 N–H and O–H groups in total. The number of rotatable bonds is 5. The van der Waals surface area contributed by atoms with Crippen LogP contribution in [0.25, 0.3) is 10.9 Å². The number of benzene rings is 1. The van der Waals surface area contributed by atoms with Gasteiger partial charge in [0, 0.05) is 44.5 Å².